The molecule has 0 unspecified atom stereocenters. The van der Waals surface area contributed by atoms with E-state index < -0.39 is 0 Å². The maximum atomic E-state index is 12.2. The van der Waals surface area contributed by atoms with Crippen molar-refractivity contribution in [3.8, 4) is 0 Å². The molecule has 2 aliphatic rings. The molecule has 1 aromatic heterocycles. The summed E-state index contributed by atoms with van der Waals surface area (Å²) in [5, 5.41) is 6.34. The number of nitrogens with zero attached hydrogens (tertiary/aromatic N) is 2. The highest BCUT2D eigenvalue weighted by Crippen LogP contribution is 2.35. The first kappa shape index (κ1) is 18.8. The predicted molar refractivity (Wildman–Crippen MR) is 100 cm³/mol. The van der Waals surface area contributed by atoms with Crippen LogP contribution in [0.25, 0.3) is 0 Å². The minimum Gasteiger partial charge on any atom is -0.463 e. The predicted octanol–water partition coefficient (Wildman–Crippen LogP) is 2.84. The Labute approximate surface area is 158 Å². The number of ether oxygens (including phenoxy) is 1. The minimum atomic E-state index is -0.387. The molecule has 2 amide bonds. The van der Waals surface area contributed by atoms with Crippen LogP contribution >= 0.6 is 11.8 Å². The lowest BCUT2D eigenvalue weighted by Crippen LogP contribution is -2.44. The molecular weight excluding hydrogens is 352 g/mol. The number of aryl methyl sites for hydroxylation is 1. The molecule has 0 aromatic carbocycles. The summed E-state index contributed by atoms with van der Waals surface area (Å²) >= 11 is 1.56. The number of hydrogen-bond donors (Lipinski definition) is 2. The van der Waals surface area contributed by atoms with Gasteiger partial charge in [-0.25, -0.2) is 14.6 Å². The summed E-state index contributed by atoms with van der Waals surface area (Å²) in [6.45, 7) is 6.41. The monoisotopic (exact) mass is 378 g/mol. The first-order valence-electron chi connectivity index (χ1n) is 9.13. The Balaban J connectivity index is 1.81. The van der Waals surface area contributed by atoms with E-state index in [0.29, 0.717) is 29.7 Å². The molecule has 8 heteroatoms. The van der Waals surface area contributed by atoms with Gasteiger partial charge >= 0.3 is 12.0 Å². The van der Waals surface area contributed by atoms with Crippen LogP contribution in [-0.2, 0) is 9.53 Å². The molecule has 1 saturated carbocycles. The quantitative estimate of drug-likeness (QED) is 0.587. The number of aromatic nitrogens is 2. The first-order valence-corrected chi connectivity index (χ1v) is 10.1. The number of nitrogens with one attached hydrogen (secondary N) is 2. The van der Waals surface area contributed by atoms with E-state index in [1.54, 1.807) is 18.7 Å². The molecule has 1 fully saturated rings. The van der Waals surface area contributed by atoms with Crippen LogP contribution in [0, 0.1) is 13.8 Å². The van der Waals surface area contributed by atoms with Crippen LogP contribution < -0.4 is 10.6 Å². The zero-order valence-corrected chi connectivity index (χ0v) is 16.4. The molecule has 26 heavy (non-hydrogen) atoms. The van der Waals surface area contributed by atoms with E-state index in [4.69, 9.17) is 9.72 Å². The van der Waals surface area contributed by atoms with Gasteiger partial charge in [-0.1, -0.05) is 24.6 Å². The highest BCUT2D eigenvalue weighted by atomic mass is 32.2. The molecule has 1 aromatic rings. The van der Waals surface area contributed by atoms with E-state index in [1.165, 1.54) is 31.4 Å². The summed E-state index contributed by atoms with van der Waals surface area (Å²) in [6, 6.07) is 0.208. The van der Waals surface area contributed by atoms with E-state index in [9.17, 15) is 9.59 Å². The number of amides is 2. The van der Waals surface area contributed by atoms with Gasteiger partial charge in [0.15, 0.2) is 5.16 Å². The molecule has 0 spiro atoms. The Morgan fingerprint density at radius 2 is 2.08 bits per heavy atom. The maximum absolute atomic E-state index is 12.2. The molecule has 0 atom stereocenters. The number of hydrogen-bond acceptors (Lipinski definition) is 5. The SMILES string of the molecule is CCOC(=O)C1=C(CSc2nc(C)c(C)n2C2CCCC2)NC(=O)NC1. The summed E-state index contributed by atoms with van der Waals surface area (Å²) < 4.78 is 7.44. The van der Waals surface area contributed by atoms with E-state index in [-0.39, 0.29) is 18.5 Å². The third kappa shape index (κ3) is 3.90. The van der Waals surface area contributed by atoms with Crippen LogP contribution in [0.1, 0.15) is 50.0 Å². The summed E-state index contributed by atoms with van der Waals surface area (Å²) in [7, 11) is 0. The largest absolute Gasteiger partial charge is 0.463 e. The van der Waals surface area contributed by atoms with E-state index in [1.807, 2.05) is 6.92 Å². The standard InChI is InChI=1S/C18H26N4O3S/c1-4-25-16(23)14-9-19-17(24)21-15(14)10-26-18-20-11(2)12(3)22(18)13-7-5-6-8-13/h13H,4-10H2,1-3H3,(H2,19,21,24). The summed E-state index contributed by atoms with van der Waals surface area (Å²) in [5.41, 5.74) is 3.32. The van der Waals surface area contributed by atoms with Crippen molar-refractivity contribution in [2.45, 2.75) is 57.7 Å². The fraction of sp³-hybridized carbons (Fsp3) is 0.611. The van der Waals surface area contributed by atoms with Crippen LogP contribution in [0.5, 0.6) is 0 Å². The summed E-state index contributed by atoms with van der Waals surface area (Å²) in [5.74, 6) is 0.0894. The van der Waals surface area contributed by atoms with Crippen molar-refractivity contribution < 1.29 is 14.3 Å². The molecule has 7 nitrogen and oxygen atoms in total. The van der Waals surface area contributed by atoms with Crippen molar-refractivity contribution in [3.05, 3.63) is 22.7 Å². The van der Waals surface area contributed by atoms with Crippen molar-refractivity contribution >= 4 is 23.8 Å². The van der Waals surface area contributed by atoms with E-state index >= 15 is 0 Å². The van der Waals surface area contributed by atoms with Crippen molar-refractivity contribution in [1.29, 1.82) is 0 Å². The third-order valence-corrected chi connectivity index (χ3v) is 5.95. The van der Waals surface area contributed by atoms with Gasteiger partial charge < -0.3 is 19.9 Å². The van der Waals surface area contributed by atoms with Crippen molar-refractivity contribution in [2.75, 3.05) is 18.9 Å². The molecule has 2 heterocycles. The zero-order chi connectivity index (χ0) is 18.7. The molecule has 3 rings (SSSR count). The summed E-state index contributed by atoms with van der Waals surface area (Å²) in [6.07, 6.45) is 4.87. The average molecular weight is 378 g/mol. The second kappa shape index (κ2) is 8.16. The van der Waals surface area contributed by atoms with Gasteiger partial charge in [-0.3, -0.25) is 0 Å². The fourth-order valence-electron chi connectivity index (χ4n) is 3.50. The minimum absolute atomic E-state index is 0.190. The lowest BCUT2D eigenvalue weighted by Gasteiger charge is -2.22. The molecule has 1 aliphatic carbocycles. The number of esters is 1. The second-order valence-electron chi connectivity index (χ2n) is 6.65. The average Bonchev–Trinajstić information content (AvgIpc) is 3.22. The van der Waals surface area contributed by atoms with E-state index in [0.717, 1.165) is 10.9 Å². The van der Waals surface area contributed by atoms with Gasteiger partial charge in [0.05, 0.1) is 24.4 Å². The number of carbonyl (C=O) groups is 2. The molecule has 1 aliphatic heterocycles. The van der Waals surface area contributed by atoms with Gasteiger partial charge in [0.1, 0.15) is 0 Å². The molecule has 0 saturated heterocycles. The van der Waals surface area contributed by atoms with Crippen molar-refractivity contribution in [2.24, 2.45) is 0 Å². The number of imidazole rings is 1. The highest BCUT2D eigenvalue weighted by molar-refractivity contribution is 7.99. The Morgan fingerprint density at radius 3 is 2.77 bits per heavy atom. The number of rotatable bonds is 6. The smallest absolute Gasteiger partial charge is 0.337 e. The van der Waals surface area contributed by atoms with Gasteiger partial charge in [-0.05, 0) is 33.6 Å². The number of urea groups is 1. The van der Waals surface area contributed by atoms with E-state index in [2.05, 4.69) is 22.1 Å². The Morgan fingerprint density at radius 1 is 1.35 bits per heavy atom. The molecule has 0 bridgehead atoms. The van der Waals surface area contributed by atoms with Crippen LogP contribution in [0.3, 0.4) is 0 Å². The lowest BCUT2D eigenvalue weighted by molar-refractivity contribution is -0.138. The Kier molecular flexibility index (Phi) is 5.90. The fourth-order valence-corrected chi connectivity index (χ4v) is 4.64. The molecule has 142 valence electrons. The zero-order valence-electron chi connectivity index (χ0n) is 15.6. The normalized spacial score (nSPS) is 18.0. The van der Waals surface area contributed by atoms with Gasteiger partial charge in [-0.15, -0.1) is 0 Å². The maximum Gasteiger partial charge on any atom is 0.337 e. The number of thioether (sulfide) groups is 1. The number of carbonyl (C=O) groups excluding carboxylic acids is 2. The molecular formula is C18H26N4O3S. The highest BCUT2D eigenvalue weighted by Gasteiger charge is 2.26. The lowest BCUT2D eigenvalue weighted by atomic mass is 10.2. The van der Waals surface area contributed by atoms with Crippen LogP contribution in [-0.4, -0.2) is 40.5 Å². The Bertz CT molecular complexity index is 735. The van der Waals surface area contributed by atoms with Crippen LogP contribution in [0.15, 0.2) is 16.4 Å². The van der Waals surface area contributed by atoms with Gasteiger partial charge in [0, 0.05) is 23.2 Å². The van der Waals surface area contributed by atoms with Crippen molar-refractivity contribution in [3.63, 3.8) is 0 Å². The Hall–Kier alpha value is -1.96. The van der Waals surface area contributed by atoms with Gasteiger partial charge in [0.2, 0.25) is 0 Å². The summed E-state index contributed by atoms with van der Waals surface area (Å²) in [4.78, 5) is 28.6. The first-order chi connectivity index (χ1) is 12.5. The van der Waals surface area contributed by atoms with Crippen molar-refractivity contribution in [1.82, 2.24) is 20.2 Å². The molecule has 2 N–H and O–H groups in total. The van der Waals surface area contributed by atoms with Crippen LogP contribution in [0.2, 0.25) is 0 Å². The van der Waals surface area contributed by atoms with Gasteiger partial charge in [-0.2, -0.15) is 0 Å². The van der Waals surface area contributed by atoms with Crippen LogP contribution in [0.4, 0.5) is 4.79 Å². The third-order valence-electron chi connectivity index (χ3n) is 4.97. The topological polar surface area (TPSA) is 85.2 Å². The molecule has 0 radical (unpaired) electrons. The van der Waals surface area contributed by atoms with Gasteiger partial charge in [0.25, 0.3) is 0 Å². The second-order valence-corrected chi connectivity index (χ2v) is 7.59.